The van der Waals surface area contributed by atoms with Crippen molar-refractivity contribution >= 4 is 11.7 Å². The van der Waals surface area contributed by atoms with E-state index in [1.54, 1.807) is 0 Å². The van der Waals surface area contributed by atoms with Crippen LogP contribution in [0.5, 0.6) is 11.5 Å². The molecule has 0 atom stereocenters. The molecule has 0 aliphatic carbocycles. The highest BCUT2D eigenvalue weighted by Crippen LogP contribution is 2.29. The van der Waals surface area contributed by atoms with Gasteiger partial charge in [0, 0.05) is 12.1 Å². The van der Waals surface area contributed by atoms with E-state index in [0.29, 0.717) is 0 Å². The second-order valence-corrected chi connectivity index (χ2v) is 2.30. The van der Waals surface area contributed by atoms with Gasteiger partial charge in [0.2, 0.25) is 5.69 Å². The molecule has 1 rings (SSSR count). The minimum Gasteiger partial charge on any atom is -0.503 e. The standard InChI is InChI=1S/C7H7NO4/c8-6-4(9)1-3(7(11)12)2-5(6)10/h1-2,9-10H,8H2,(H,11,12)/p+1. The smallest absolute Gasteiger partial charge is 0.335 e. The summed E-state index contributed by atoms with van der Waals surface area (Å²) in [4.78, 5) is 10.4. The fourth-order valence-electron chi connectivity index (χ4n) is 0.765. The molecular formula is C7H8NO4+. The third kappa shape index (κ3) is 1.30. The van der Waals surface area contributed by atoms with Crippen molar-refractivity contribution < 1.29 is 25.8 Å². The van der Waals surface area contributed by atoms with Gasteiger partial charge in [-0.15, -0.1) is 0 Å². The van der Waals surface area contributed by atoms with Gasteiger partial charge < -0.3 is 21.1 Å². The molecule has 0 aromatic heterocycles. The van der Waals surface area contributed by atoms with Gasteiger partial charge >= 0.3 is 5.97 Å². The average molecular weight is 170 g/mol. The molecule has 0 saturated carbocycles. The van der Waals surface area contributed by atoms with Crippen LogP contribution in [-0.2, 0) is 0 Å². The Balaban J connectivity index is 3.31. The third-order valence-electron chi connectivity index (χ3n) is 1.45. The lowest BCUT2D eigenvalue weighted by Gasteiger charge is -1.99. The normalized spacial score (nSPS) is 9.75. The largest absolute Gasteiger partial charge is 0.503 e. The minimum atomic E-state index is -1.21. The number of phenolic OH excluding ortho intramolecular Hbond substituents is 2. The Bertz CT molecular complexity index is 311. The molecule has 0 amide bonds. The highest BCUT2D eigenvalue weighted by Gasteiger charge is 2.12. The Hall–Kier alpha value is -1.75. The van der Waals surface area contributed by atoms with Crippen LogP contribution in [0.15, 0.2) is 12.1 Å². The number of quaternary nitrogens is 1. The highest BCUT2D eigenvalue weighted by molar-refractivity contribution is 5.89. The van der Waals surface area contributed by atoms with Gasteiger partial charge in [0.05, 0.1) is 5.56 Å². The molecule has 5 heteroatoms. The van der Waals surface area contributed by atoms with Crippen molar-refractivity contribution in [2.75, 3.05) is 0 Å². The van der Waals surface area contributed by atoms with E-state index < -0.39 is 5.97 Å². The molecule has 6 N–H and O–H groups in total. The molecule has 0 bridgehead atoms. The number of carboxylic acid groups (broad SMARTS) is 1. The molecule has 0 aliphatic heterocycles. The van der Waals surface area contributed by atoms with Gasteiger partial charge in [0.25, 0.3) is 0 Å². The van der Waals surface area contributed by atoms with Crippen LogP contribution < -0.4 is 5.73 Å². The number of benzene rings is 1. The van der Waals surface area contributed by atoms with Crippen molar-refractivity contribution in [1.82, 2.24) is 0 Å². The zero-order valence-electron chi connectivity index (χ0n) is 6.11. The fourth-order valence-corrected chi connectivity index (χ4v) is 0.765. The van der Waals surface area contributed by atoms with Crippen molar-refractivity contribution in [2.24, 2.45) is 0 Å². The van der Waals surface area contributed by atoms with Gasteiger partial charge in [0.15, 0.2) is 11.5 Å². The lowest BCUT2D eigenvalue weighted by molar-refractivity contribution is -0.258. The molecule has 0 fully saturated rings. The van der Waals surface area contributed by atoms with E-state index in [4.69, 9.17) is 15.3 Å². The predicted molar refractivity (Wildman–Crippen MR) is 39.3 cm³/mol. The van der Waals surface area contributed by atoms with Gasteiger partial charge in [-0.25, -0.2) is 4.79 Å². The monoisotopic (exact) mass is 170 g/mol. The van der Waals surface area contributed by atoms with E-state index in [2.05, 4.69) is 5.73 Å². The number of carbonyl (C=O) groups is 1. The minimum absolute atomic E-state index is 0.0278. The Labute approximate surface area is 67.7 Å². The summed E-state index contributed by atoms with van der Waals surface area (Å²) in [5, 5.41) is 26.6. The van der Waals surface area contributed by atoms with Crippen molar-refractivity contribution in [2.45, 2.75) is 0 Å². The summed E-state index contributed by atoms with van der Waals surface area (Å²) in [5.41, 5.74) is 3.19. The zero-order chi connectivity index (χ0) is 9.30. The molecular weight excluding hydrogens is 162 g/mol. The zero-order valence-corrected chi connectivity index (χ0v) is 6.11. The first-order chi connectivity index (χ1) is 5.52. The molecule has 0 heterocycles. The Morgan fingerprint density at radius 1 is 1.25 bits per heavy atom. The maximum absolute atomic E-state index is 10.4. The maximum atomic E-state index is 10.4. The van der Waals surface area contributed by atoms with Crippen molar-refractivity contribution in [3.8, 4) is 11.5 Å². The average Bonchev–Trinajstić information content (AvgIpc) is 1.99. The maximum Gasteiger partial charge on any atom is 0.335 e. The van der Waals surface area contributed by atoms with Crippen LogP contribution in [0.4, 0.5) is 5.69 Å². The number of carboxylic acids is 1. The van der Waals surface area contributed by atoms with Gasteiger partial charge in [-0.05, 0) is 0 Å². The van der Waals surface area contributed by atoms with Gasteiger partial charge in [-0.3, -0.25) is 0 Å². The Morgan fingerprint density at radius 3 is 2.00 bits per heavy atom. The SMILES string of the molecule is [NH3+]c1c(O)cc(C(=O)O)cc1O. The van der Waals surface area contributed by atoms with Crippen LogP contribution in [0.25, 0.3) is 0 Å². The van der Waals surface area contributed by atoms with Crippen LogP contribution >= 0.6 is 0 Å². The molecule has 1 aromatic rings. The molecule has 64 valence electrons. The fraction of sp³-hybridized carbons (Fsp3) is 0. The second kappa shape index (κ2) is 2.71. The third-order valence-corrected chi connectivity index (χ3v) is 1.45. The molecule has 0 aliphatic rings. The molecule has 0 spiro atoms. The van der Waals surface area contributed by atoms with Crippen LogP contribution in [0.3, 0.4) is 0 Å². The lowest BCUT2D eigenvalue weighted by Crippen LogP contribution is -2.40. The van der Waals surface area contributed by atoms with Crippen molar-refractivity contribution in [3.05, 3.63) is 17.7 Å². The summed E-state index contributed by atoms with van der Waals surface area (Å²) in [6.45, 7) is 0. The van der Waals surface area contributed by atoms with E-state index in [9.17, 15) is 4.79 Å². The van der Waals surface area contributed by atoms with Crippen LogP contribution in [-0.4, -0.2) is 21.3 Å². The number of aromatic hydroxyl groups is 2. The summed E-state index contributed by atoms with van der Waals surface area (Å²) in [5.74, 6) is -1.86. The number of hydrogen-bond donors (Lipinski definition) is 4. The number of phenols is 2. The molecule has 0 unspecified atom stereocenters. The first-order valence-corrected chi connectivity index (χ1v) is 3.13. The summed E-state index contributed by atoms with van der Waals surface area (Å²) in [7, 11) is 0. The lowest BCUT2D eigenvalue weighted by atomic mass is 10.2. The topological polar surface area (TPSA) is 105 Å². The summed E-state index contributed by atoms with van der Waals surface area (Å²) in [6, 6.07) is 2.06. The quantitative estimate of drug-likeness (QED) is 0.463. The van der Waals surface area contributed by atoms with Crippen molar-refractivity contribution in [3.63, 3.8) is 0 Å². The molecule has 0 saturated heterocycles. The Morgan fingerprint density at radius 2 is 1.67 bits per heavy atom. The first-order valence-electron chi connectivity index (χ1n) is 3.13. The number of rotatable bonds is 1. The first kappa shape index (κ1) is 8.35. The van der Waals surface area contributed by atoms with Gasteiger partial charge in [-0.1, -0.05) is 0 Å². The van der Waals surface area contributed by atoms with Crippen LogP contribution in [0.2, 0.25) is 0 Å². The summed E-state index contributed by atoms with van der Waals surface area (Å²) >= 11 is 0. The van der Waals surface area contributed by atoms with Crippen molar-refractivity contribution in [1.29, 1.82) is 0 Å². The van der Waals surface area contributed by atoms with Crippen LogP contribution in [0.1, 0.15) is 10.4 Å². The molecule has 12 heavy (non-hydrogen) atoms. The van der Waals surface area contributed by atoms with E-state index in [1.165, 1.54) is 0 Å². The highest BCUT2D eigenvalue weighted by atomic mass is 16.4. The number of hydrogen-bond acceptors (Lipinski definition) is 3. The Kier molecular flexibility index (Phi) is 1.88. The summed E-state index contributed by atoms with van der Waals surface area (Å²) in [6.07, 6.45) is 0. The summed E-state index contributed by atoms with van der Waals surface area (Å²) < 4.78 is 0. The molecule has 1 aromatic carbocycles. The van der Waals surface area contributed by atoms with E-state index in [-0.39, 0.29) is 22.7 Å². The van der Waals surface area contributed by atoms with E-state index in [1.807, 2.05) is 0 Å². The van der Waals surface area contributed by atoms with E-state index >= 15 is 0 Å². The van der Waals surface area contributed by atoms with Gasteiger partial charge in [0.1, 0.15) is 0 Å². The van der Waals surface area contributed by atoms with Gasteiger partial charge in [-0.2, -0.15) is 0 Å². The second-order valence-electron chi connectivity index (χ2n) is 2.30. The van der Waals surface area contributed by atoms with Crippen LogP contribution in [0, 0.1) is 0 Å². The predicted octanol–water partition coefficient (Wildman–Crippen LogP) is -0.331. The molecule has 5 nitrogen and oxygen atoms in total. The molecule has 0 radical (unpaired) electrons. The number of aromatic carboxylic acids is 1. The van der Waals surface area contributed by atoms with E-state index in [0.717, 1.165) is 12.1 Å².